The lowest BCUT2D eigenvalue weighted by molar-refractivity contribution is 0.0697. The zero-order valence-electron chi connectivity index (χ0n) is 14.9. The fraction of sp³-hybridized carbons (Fsp3) is 0.368. The van der Waals surface area contributed by atoms with Crippen molar-refractivity contribution in [2.45, 2.75) is 32.2 Å². The normalized spacial score (nSPS) is 17.9. The number of nitrogens with zero attached hydrogens (tertiary/aromatic N) is 2. The summed E-state index contributed by atoms with van der Waals surface area (Å²) in [6, 6.07) is 9.55. The van der Waals surface area contributed by atoms with Gasteiger partial charge in [0.05, 0.1) is 28.7 Å². The third-order valence-corrected chi connectivity index (χ3v) is 6.92. The summed E-state index contributed by atoms with van der Waals surface area (Å²) >= 11 is 6.05. The molecule has 1 atom stereocenters. The first-order valence-corrected chi connectivity index (χ1v) is 10.8. The van der Waals surface area contributed by atoms with Gasteiger partial charge in [0.15, 0.2) is 0 Å². The molecule has 27 heavy (non-hydrogen) atoms. The Kier molecular flexibility index (Phi) is 5.83. The second-order valence-corrected chi connectivity index (χ2v) is 9.01. The van der Waals surface area contributed by atoms with Gasteiger partial charge in [-0.3, -0.25) is 4.98 Å². The molecule has 6 nitrogen and oxygen atoms in total. The van der Waals surface area contributed by atoms with Gasteiger partial charge in [0.1, 0.15) is 0 Å². The van der Waals surface area contributed by atoms with Gasteiger partial charge < -0.3 is 5.11 Å². The van der Waals surface area contributed by atoms with E-state index >= 15 is 0 Å². The molecule has 8 heteroatoms. The number of hydrogen-bond acceptors (Lipinski definition) is 4. The van der Waals surface area contributed by atoms with Gasteiger partial charge >= 0.3 is 5.97 Å². The number of hydrogen-bond donors (Lipinski definition) is 1. The first-order chi connectivity index (χ1) is 12.8. The fourth-order valence-corrected chi connectivity index (χ4v) is 5.38. The summed E-state index contributed by atoms with van der Waals surface area (Å²) in [7, 11) is -3.36. The highest BCUT2D eigenvalue weighted by atomic mass is 35.5. The van der Waals surface area contributed by atoms with Crippen LogP contribution >= 0.6 is 11.6 Å². The van der Waals surface area contributed by atoms with E-state index in [1.54, 1.807) is 30.3 Å². The van der Waals surface area contributed by atoms with E-state index in [0.29, 0.717) is 41.4 Å². The van der Waals surface area contributed by atoms with Crippen molar-refractivity contribution in [1.82, 2.24) is 9.29 Å². The van der Waals surface area contributed by atoms with E-state index in [0.717, 1.165) is 6.42 Å². The molecule has 2 aromatic rings. The molecule has 1 saturated heterocycles. The molecule has 1 unspecified atom stereocenters. The Bertz CT molecular complexity index is 962. The average molecular weight is 409 g/mol. The number of halogens is 1. The Balaban J connectivity index is 2.07. The minimum atomic E-state index is -3.36. The molecule has 1 aromatic heterocycles. The van der Waals surface area contributed by atoms with Crippen molar-refractivity contribution in [3.8, 4) is 11.3 Å². The maximum atomic E-state index is 12.6. The van der Waals surface area contributed by atoms with E-state index in [1.807, 2.05) is 6.92 Å². The first-order valence-electron chi connectivity index (χ1n) is 8.83. The molecular weight excluding hydrogens is 388 g/mol. The van der Waals surface area contributed by atoms with Crippen molar-refractivity contribution in [3.05, 3.63) is 52.7 Å². The highest BCUT2D eigenvalue weighted by molar-refractivity contribution is 7.89. The van der Waals surface area contributed by atoms with Crippen LogP contribution in [-0.2, 0) is 10.0 Å². The summed E-state index contributed by atoms with van der Waals surface area (Å²) in [6.45, 7) is 2.29. The van der Waals surface area contributed by atoms with E-state index in [9.17, 15) is 18.3 Å². The first kappa shape index (κ1) is 19.8. The van der Waals surface area contributed by atoms with Crippen molar-refractivity contribution in [2.24, 2.45) is 0 Å². The van der Waals surface area contributed by atoms with E-state index in [2.05, 4.69) is 4.98 Å². The van der Waals surface area contributed by atoms with Gasteiger partial charge in [0.2, 0.25) is 10.0 Å². The molecular formula is C19H21ClN2O4S. The number of aromatic carboxylic acids is 1. The second kappa shape index (κ2) is 7.96. The zero-order chi connectivity index (χ0) is 19.6. The minimum Gasteiger partial charge on any atom is -0.478 e. The van der Waals surface area contributed by atoms with E-state index in [4.69, 9.17) is 11.6 Å². The highest BCUT2D eigenvalue weighted by Gasteiger charge is 2.35. The van der Waals surface area contributed by atoms with Crippen LogP contribution in [0.5, 0.6) is 0 Å². The number of aromatic nitrogens is 1. The van der Waals surface area contributed by atoms with Gasteiger partial charge in [0, 0.05) is 17.1 Å². The summed E-state index contributed by atoms with van der Waals surface area (Å²) < 4.78 is 26.7. The van der Waals surface area contributed by atoms with Gasteiger partial charge in [-0.25, -0.2) is 13.2 Å². The second-order valence-electron chi connectivity index (χ2n) is 6.53. The van der Waals surface area contributed by atoms with Crippen LogP contribution in [0, 0.1) is 0 Å². The van der Waals surface area contributed by atoms with Crippen molar-refractivity contribution in [3.63, 3.8) is 0 Å². The van der Waals surface area contributed by atoms with Crippen molar-refractivity contribution < 1.29 is 18.3 Å². The third-order valence-electron chi connectivity index (χ3n) is 4.61. The fourth-order valence-electron chi connectivity index (χ4n) is 3.43. The van der Waals surface area contributed by atoms with Crippen LogP contribution in [0.25, 0.3) is 11.3 Å². The van der Waals surface area contributed by atoms with Crippen LogP contribution in [0.4, 0.5) is 0 Å². The molecule has 1 N–H and O–H groups in total. The Labute approximate surface area is 163 Å². The number of carboxylic acids is 1. The lowest BCUT2D eigenvalue weighted by Gasteiger charge is -2.24. The maximum absolute atomic E-state index is 12.6. The summed E-state index contributed by atoms with van der Waals surface area (Å²) in [5, 5.41) is 10.0. The Morgan fingerprint density at radius 3 is 2.78 bits per heavy atom. The molecule has 0 spiro atoms. The molecule has 0 amide bonds. The van der Waals surface area contributed by atoms with Crippen LogP contribution in [0.2, 0.25) is 5.02 Å². The topological polar surface area (TPSA) is 87.6 Å². The van der Waals surface area contributed by atoms with E-state index in [1.165, 1.54) is 10.4 Å². The van der Waals surface area contributed by atoms with Gasteiger partial charge in [-0.05, 0) is 43.5 Å². The molecule has 1 aliphatic rings. The van der Waals surface area contributed by atoms with Gasteiger partial charge in [0.25, 0.3) is 0 Å². The van der Waals surface area contributed by atoms with Crippen LogP contribution in [0.15, 0.2) is 36.4 Å². The lowest BCUT2D eigenvalue weighted by Crippen LogP contribution is -2.33. The number of pyridine rings is 1. The summed E-state index contributed by atoms with van der Waals surface area (Å²) in [6.07, 6.45) is 1.96. The molecule has 0 bridgehead atoms. The van der Waals surface area contributed by atoms with Gasteiger partial charge in [-0.2, -0.15) is 4.31 Å². The molecule has 1 aromatic carbocycles. The lowest BCUT2D eigenvalue weighted by atomic mass is 10.0. The predicted molar refractivity (Wildman–Crippen MR) is 104 cm³/mol. The van der Waals surface area contributed by atoms with Gasteiger partial charge in [-0.15, -0.1) is 0 Å². The summed E-state index contributed by atoms with van der Waals surface area (Å²) in [5.74, 6) is -0.997. The predicted octanol–water partition coefficient (Wildman–Crippen LogP) is 3.98. The Morgan fingerprint density at radius 2 is 2.11 bits per heavy atom. The highest BCUT2D eigenvalue weighted by Crippen LogP contribution is 2.35. The molecule has 2 heterocycles. The molecule has 0 aliphatic carbocycles. The largest absolute Gasteiger partial charge is 0.478 e. The molecule has 1 aliphatic heterocycles. The maximum Gasteiger partial charge on any atom is 0.337 e. The SMILES string of the molecule is CCCS(=O)(=O)N1CCCC1c1ccc(C(=O)O)c(-c2cccc(Cl)c2)n1. The van der Waals surface area contributed by atoms with E-state index in [-0.39, 0.29) is 17.4 Å². The molecule has 3 rings (SSSR count). The van der Waals surface area contributed by atoms with Crippen molar-refractivity contribution in [2.75, 3.05) is 12.3 Å². The Hall–Kier alpha value is -1.96. The van der Waals surface area contributed by atoms with Crippen LogP contribution in [-0.4, -0.2) is 41.1 Å². The van der Waals surface area contributed by atoms with Crippen LogP contribution < -0.4 is 0 Å². The van der Waals surface area contributed by atoms with E-state index < -0.39 is 16.0 Å². The van der Waals surface area contributed by atoms with Crippen molar-refractivity contribution in [1.29, 1.82) is 0 Å². The molecule has 144 valence electrons. The zero-order valence-corrected chi connectivity index (χ0v) is 16.5. The standard InChI is InChI=1S/C19H21ClN2O4S/c1-2-11-27(25,26)22-10-4-7-17(22)16-9-8-15(19(23)24)18(21-16)13-5-3-6-14(20)12-13/h3,5-6,8-9,12,17H,2,4,7,10-11H2,1H3,(H,23,24). The van der Waals surface area contributed by atoms with Crippen LogP contribution in [0.3, 0.4) is 0 Å². The smallest absolute Gasteiger partial charge is 0.337 e. The molecule has 1 fully saturated rings. The quantitative estimate of drug-likeness (QED) is 0.781. The number of carbonyl (C=O) groups is 1. The van der Waals surface area contributed by atoms with Crippen molar-refractivity contribution >= 4 is 27.6 Å². The number of benzene rings is 1. The van der Waals surface area contributed by atoms with Crippen LogP contribution in [0.1, 0.15) is 48.3 Å². The minimum absolute atomic E-state index is 0.0574. The Morgan fingerprint density at radius 1 is 1.33 bits per heavy atom. The summed E-state index contributed by atoms with van der Waals surface area (Å²) in [4.78, 5) is 16.2. The number of carboxylic acid groups (broad SMARTS) is 1. The van der Waals surface area contributed by atoms with Gasteiger partial charge in [-0.1, -0.05) is 30.7 Å². The molecule has 0 radical (unpaired) electrons. The number of rotatable bonds is 6. The summed E-state index contributed by atoms with van der Waals surface area (Å²) in [5.41, 5.74) is 1.50. The molecule has 0 saturated carbocycles. The monoisotopic (exact) mass is 408 g/mol. The number of sulfonamides is 1. The average Bonchev–Trinajstić information content (AvgIpc) is 3.12. The third kappa shape index (κ3) is 4.15.